The molecule has 0 saturated carbocycles. The van der Waals surface area contributed by atoms with Crippen molar-refractivity contribution in [1.82, 2.24) is 4.90 Å². The van der Waals surface area contributed by atoms with Gasteiger partial charge in [0, 0.05) is 18.0 Å². The Morgan fingerprint density at radius 3 is 2.78 bits per heavy atom. The van der Waals surface area contributed by atoms with Crippen LogP contribution in [-0.2, 0) is 16.0 Å². The van der Waals surface area contributed by atoms with Crippen LogP contribution in [0.15, 0.2) is 15.9 Å². The van der Waals surface area contributed by atoms with Gasteiger partial charge in [0.05, 0.1) is 17.0 Å². The predicted molar refractivity (Wildman–Crippen MR) is 74.2 cm³/mol. The number of ether oxygens (including phenoxy) is 1. The van der Waals surface area contributed by atoms with Gasteiger partial charge in [0.1, 0.15) is 6.04 Å². The van der Waals surface area contributed by atoms with E-state index in [1.165, 1.54) is 4.88 Å². The second kappa shape index (κ2) is 6.65. The maximum absolute atomic E-state index is 11.3. The highest BCUT2D eigenvalue weighted by atomic mass is 79.9. The Morgan fingerprint density at radius 1 is 1.50 bits per heavy atom. The number of carboxylic acid groups (broad SMARTS) is 1. The zero-order valence-electron chi connectivity index (χ0n) is 9.97. The molecule has 1 aliphatic heterocycles. The molecule has 1 saturated heterocycles. The van der Waals surface area contributed by atoms with Crippen LogP contribution >= 0.6 is 27.3 Å². The summed E-state index contributed by atoms with van der Waals surface area (Å²) in [7, 11) is 0. The molecule has 100 valence electrons. The summed E-state index contributed by atoms with van der Waals surface area (Å²) >= 11 is 5.09. The Kier molecular flexibility index (Phi) is 5.17. The zero-order valence-corrected chi connectivity index (χ0v) is 12.4. The molecule has 0 aliphatic carbocycles. The number of nitrogens with zero attached hydrogens (tertiary/aromatic N) is 1. The summed E-state index contributed by atoms with van der Waals surface area (Å²) in [4.78, 5) is 14.6. The van der Waals surface area contributed by atoms with E-state index in [-0.39, 0.29) is 0 Å². The van der Waals surface area contributed by atoms with E-state index in [1.54, 1.807) is 11.3 Å². The van der Waals surface area contributed by atoms with Crippen molar-refractivity contribution in [2.45, 2.75) is 18.9 Å². The SMILES string of the molecule is O=C(O)C(CCc1ccc(Br)s1)N1CCOCC1. The Bertz CT molecular complexity index is 404. The molecule has 1 atom stereocenters. The van der Waals surface area contributed by atoms with Crippen molar-refractivity contribution in [1.29, 1.82) is 0 Å². The van der Waals surface area contributed by atoms with Gasteiger partial charge in [0.25, 0.3) is 0 Å². The normalized spacial score (nSPS) is 18.7. The van der Waals surface area contributed by atoms with Gasteiger partial charge in [-0.05, 0) is 40.9 Å². The minimum Gasteiger partial charge on any atom is -0.480 e. The number of thiophene rings is 1. The summed E-state index contributed by atoms with van der Waals surface area (Å²) in [6, 6.07) is 3.66. The van der Waals surface area contributed by atoms with Crippen LogP contribution in [0.1, 0.15) is 11.3 Å². The predicted octanol–water partition coefficient (Wildman–Crippen LogP) is 2.23. The molecule has 0 bridgehead atoms. The molecule has 0 aromatic carbocycles. The highest BCUT2D eigenvalue weighted by Gasteiger charge is 2.26. The second-order valence-corrected chi connectivity index (χ2v) is 6.79. The Labute approximate surface area is 119 Å². The van der Waals surface area contributed by atoms with Gasteiger partial charge in [-0.2, -0.15) is 0 Å². The molecule has 0 radical (unpaired) electrons. The molecule has 1 N–H and O–H groups in total. The first kappa shape index (κ1) is 14.0. The van der Waals surface area contributed by atoms with Crippen molar-refractivity contribution in [3.63, 3.8) is 0 Å². The summed E-state index contributed by atoms with van der Waals surface area (Å²) < 4.78 is 6.35. The fourth-order valence-corrected chi connectivity index (χ4v) is 3.61. The molecule has 4 nitrogen and oxygen atoms in total. The molecule has 1 aliphatic rings. The van der Waals surface area contributed by atoms with Crippen molar-refractivity contribution in [3.05, 3.63) is 20.8 Å². The number of aliphatic carboxylic acids is 1. The summed E-state index contributed by atoms with van der Waals surface area (Å²) in [5.41, 5.74) is 0. The van der Waals surface area contributed by atoms with Crippen LogP contribution in [0.25, 0.3) is 0 Å². The van der Waals surface area contributed by atoms with Crippen molar-refractivity contribution in [2.24, 2.45) is 0 Å². The van der Waals surface area contributed by atoms with Gasteiger partial charge in [-0.3, -0.25) is 9.69 Å². The first-order valence-corrected chi connectivity index (χ1v) is 7.56. The van der Waals surface area contributed by atoms with Crippen LogP contribution in [0.2, 0.25) is 0 Å². The van der Waals surface area contributed by atoms with Crippen LogP contribution in [-0.4, -0.2) is 48.3 Å². The van der Waals surface area contributed by atoms with Crippen LogP contribution < -0.4 is 0 Å². The molecule has 1 aromatic rings. The van der Waals surface area contributed by atoms with Gasteiger partial charge in [0.15, 0.2) is 0 Å². The third-order valence-electron chi connectivity index (χ3n) is 3.06. The Hall–Kier alpha value is -0.430. The van der Waals surface area contributed by atoms with Crippen molar-refractivity contribution in [3.8, 4) is 0 Å². The maximum atomic E-state index is 11.3. The number of carbonyl (C=O) groups is 1. The molecule has 1 aromatic heterocycles. The highest BCUT2D eigenvalue weighted by Crippen LogP contribution is 2.24. The number of hydrogen-bond acceptors (Lipinski definition) is 4. The highest BCUT2D eigenvalue weighted by molar-refractivity contribution is 9.11. The van der Waals surface area contributed by atoms with Crippen LogP contribution in [0.4, 0.5) is 0 Å². The quantitative estimate of drug-likeness (QED) is 0.897. The standard InChI is InChI=1S/C12H16BrNO3S/c13-11-4-2-9(18-11)1-3-10(12(15)16)14-5-7-17-8-6-14/h2,4,10H,1,3,5-8H2,(H,15,16). The maximum Gasteiger partial charge on any atom is 0.320 e. The largest absolute Gasteiger partial charge is 0.480 e. The summed E-state index contributed by atoms with van der Waals surface area (Å²) in [5.74, 6) is -0.729. The zero-order chi connectivity index (χ0) is 13.0. The average Bonchev–Trinajstić information content (AvgIpc) is 2.76. The van der Waals surface area contributed by atoms with Crippen LogP contribution in [0.3, 0.4) is 0 Å². The Morgan fingerprint density at radius 2 is 2.22 bits per heavy atom. The molecule has 18 heavy (non-hydrogen) atoms. The lowest BCUT2D eigenvalue weighted by molar-refractivity contribution is -0.145. The fourth-order valence-electron chi connectivity index (χ4n) is 2.12. The fraction of sp³-hybridized carbons (Fsp3) is 0.583. The lowest BCUT2D eigenvalue weighted by atomic mass is 10.1. The molecule has 1 unspecified atom stereocenters. The summed E-state index contributed by atoms with van der Waals surface area (Å²) in [5, 5.41) is 9.32. The third-order valence-corrected chi connectivity index (χ3v) is 4.75. The van der Waals surface area contributed by atoms with Crippen LogP contribution in [0, 0.1) is 0 Å². The molecule has 0 spiro atoms. The molecular formula is C12H16BrNO3S. The molecule has 0 amide bonds. The average molecular weight is 334 g/mol. The minimum atomic E-state index is -0.729. The molecule has 6 heteroatoms. The molecule has 2 rings (SSSR count). The Balaban J connectivity index is 1.91. The van der Waals surface area contributed by atoms with E-state index in [4.69, 9.17) is 4.74 Å². The van der Waals surface area contributed by atoms with Gasteiger partial charge in [-0.15, -0.1) is 11.3 Å². The van der Waals surface area contributed by atoms with E-state index >= 15 is 0 Å². The monoisotopic (exact) mass is 333 g/mol. The van der Waals surface area contributed by atoms with Gasteiger partial charge in [-0.25, -0.2) is 0 Å². The molecule has 1 fully saturated rings. The topological polar surface area (TPSA) is 49.8 Å². The number of aryl methyl sites for hydroxylation is 1. The summed E-state index contributed by atoms with van der Waals surface area (Å²) in [6.45, 7) is 2.69. The summed E-state index contributed by atoms with van der Waals surface area (Å²) in [6.07, 6.45) is 1.47. The van der Waals surface area contributed by atoms with Crippen LogP contribution in [0.5, 0.6) is 0 Å². The van der Waals surface area contributed by atoms with E-state index in [0.29, 0.717) is 32.7 Å². The smallest absolute Gasteiger partial charge is 0.320 e. The molecule has 2 heterocycles. The van der Waals surface area contributed by atoms with Crippen molar-refractivity contribution in [2.75, 3.05) is 26.3 Å². The number of morpholine rings is 1. The third kappa shape index (κ3) is 3.78. The van der Waals surface area contributed by atoms with Gasteiger partial charge in [0.2, 0.25) is 0 Å². The number of rotatable bonds is 5. The van der Waals surface area contributed by atoms with Crippen molar-refractivity contribution >= 4 is 33.2 Å². The van der Waals surface area contributed by atoms with E-state index in [9.17, 15) is 9.90 Å². The first-order chi connectivity index (χ1) is 8.66. The lowest BCUT2D eigenvalue weighted by Crippen LogP contribution is -2.47. The minimum absolute atomic E-state index is 0.394. The number of hydrogen-bond donors (Lipinski definition) is 1. The molecular weight excluding hydrogens is 318 g/mol. The van der Waals surface area contributed by atoms with Gasteiger partial charge >= 0.3 is 5.97 Å². The number of halogens is 1. The van der Waals surface area contributed by atoms with E-state index in [1.807, 2.05) is 17.0 Å². The van der Waals surface area contributed by atoms with Gasteiger partial charge < -0.3 is 9.84 Å². The number of carboxylic acids is 1. The second-order valence-electron chi connectivity index (χ2n) is 4.25. The lowest BCUT2D eigenvalue weighted by Gasteiger charge is -2.31. The van der Waals surface area contributed by atoms with Crippen molar-refractivity contribution < 1.29 is 14.6 Å². The van der Waals surface area contributed by atoms with E-state index in [2.05, 4.69) is 15.9 Å². The van der Waals surface area contributed by atoms with E-state index in [0.717, 1.165) is 10.2 Å². The van der Waals surface area contributed by atoms with Gasteiger partial charge in [-0.1, -0.05) is 0 Å². The van der Waals surface area contributed by atoms with E-state index < -0.39 is 12.0 Å². The first-order valence-electron chi connectivity index (χ1n) is 5.95.